The van der Waals surface area contributed by atoms with Crippen molar-refractivity contribution in [1.29, 1.82) is 0 Å². The van der Waals surface area contributed by atoms with E-state index in [0.29, 0.717) is 18.1 Å². The molecular formula is C13H18N2O3. The van der Waals surface area contributed by atoms with Gasteiger partial charge in [-0.25, -0.2) is 0 Å². The van der Waals surface area contributed by atoms with Crippen LogP contribution in [0.1, 0.15) is 25.3 Å². The second kappa shape index (κ2) is 7.32. The smallest absolute Gasteiger partial charge is 0.220 e. The first-order valence-electron chi connectivity index (χ1n) is 5.79. The summed E-state index contributed by atoms with van der Waals surface area (Å²) in [6, 6.07) is 7.60. The lowest BCUT2D eigenvalue weighted by Gasteiger charge is -2.06. The summed E-state index contributed by atoms with van der Waals surface area (Å²) in [5.41, 5.74) is 6.86. The first-order chi connectivity index (χ1) is 8.61. The maximum Gasteiger partial charge on any atom is 0.220 e. The normalized spacial score (nSPS) is 11.3. The van der Waals surface area contributed by atoms with Crippen LogP contribution < -0.4 is 10.5 Å². The number of nitrogens with zero attached hydrogens (tertiary/aromatic N) is 1. The van der Waals surface area contributed by atoms with Crippen molar-refractivity contribution in [2.75, 3.05) is 6.61 Å². The van der Waals surface area contributed by atoms with Crippen LogP contribution in [0.3, 0.4) is 0 Å². The number of amides is 1. The first-order valence-corrected chi connectivity index (χ1v) is 5.79. The molecule has 0 aromatic heterocycles. The zero-order valence-electron chi connectivity index (χ0n) is 10.4. The summed E-state index contributed by atoms with van der Waals surface area (Å²) in [7, 11) is 0. The van der Waals surface area contributed by atoms with Gasteiger partial charge in [0.1, 0.15) is 5.75 Å². The van der Waals surface area contributed by atoms with Crippen LogP contribution in [0.15, 0.2) is 29.4 Å². The van der Waals surface area contributed by atoms with E-state index in [0.717, 1.165) is 18.4 Å². The molecule has 0 radical (unpaired) electrons. The van der Waals surface area contributed by atoms with Gasteiger partial charge in [-0.15, -0.1) is 0 Å². The van der Waals surface area contributed by atoms with E-state index in [2.05, 4.69) is 5.16 Å². The Hall–Kier alpha value is -2.04. The highest BCUT2D eigenvalue weighted by molar-refractivity contribution is 5.81. The van der Waals surface area contributed by atoms with E-state index in [9.17, 15) is 4.79 Å². The van der Waals surface area contributed by atoms with Gasteiger partial charge in [0.2, 0.25) is 5.91 Å². The highest BCUT2D eigenvalue weighted by atomic mass is 16.5. The third kappa shape index (κ3) is 5.34. The number of carbonyl (C=O) groups excluding carboxylic acids is 1. The molecule has 0 heterocycles. The van der Waals surface area contributed by atoms with Gasteiger partial charge in [-0.05, 0) is 37.5 Å². The topological polar surface area (TPSA) is 84.9 Å². The highest BCUT2D eigenvalue weighted by Gasteiger charge is 1.99. The van der Waals surface area contributed by atoms with Crippen LogP contribution in [0.4, 0.5) is 0 Å². The van der Waals surface area contributed by atoms with Gasteiger partial charge in [0, 0.05) is 0 Å². The fourth-order valence-electron chi connectivity index (χ4n) is 1.40. The molecule has 0 aliphatic heterocycles. The Labute approximate surface area is 106 Å². The number of carbonyl (C=O) groups is 1. The van der Waals surface area contributed by atoms with Crippen molar-refractivity contribution >= 4 is 11.6 Å². The number of hydrogen-bond donors (Lipinski definition) is 2. The Morgan fingerprint density at radius 1 is 1.33 bits per heavy atom. The first kappa shape index (κ1) is 14.0. The lowest BCUT2D eigenvalue weighted by atomic mass is 10.1. The lowest BCUT2D eigenvalue weighted by molar-refractivity contribution is -0.118. The molecule has 1 aromatic rings. The minimum atomic E-state index is -0.370. The molecule has 0 atom stereocenters. The van der Waals surface area contributed by atoms with Gasteiger partial charge in [0.05, 0.1) is 18.7 Å². The predicted octanol–water partition coefficient (Wildman–Crippen LogP) is 1.72. The van der Waals surface area contributed by atoms with Crippen LogP contribution in [-0.4, -0.2) is 23.4 Å². The van der Waals surface area contributed by atoms with Crippen molar-refractivity contribution in [3.05, 3.63) is 29.8 Å². The van der Waals surface area contributed by atoms with Gasteiger partial charge in [0.25, 0.3) is 0 Å². The molecule has 5 heteroatoms. The van der Waals surface area contributed by atoms with Crippen LogP contribution in [0, 0.1) is 0 Å². The summed E-state index contributed by atoms with van der Waals surface area (Å²) in [6.45, 7) is 2.08. The number of rotatable bonds is 7. The number of ether oxygens (including phenoxy) is 1. The number of hydrogen-bond acceptors (Lipinski definition) is 4. The molecule has 0 unspecified atom stereocenters. The average molecular weight is 250 g/mol. The molecule has 1 amide bonds. The van der Waals surface area contributed by atoms with E-state index in [1.807, 2.05) is 24.3 Å². The molecule has 0 fully saturated rings. The van der Waals surface area contributed by atoms with Crippen molar-refractivity contribution < 1.29 is 14.7 Å². The van der Waals surface area contributed by atoms with E-state index in [-0.39, 0.29) is 12.3 Å². The third-order valence-electron chi connectivity index (χ3n) is 2.49. The molecule has 0 aliphatic carbocycles. The summed E-state index contributed by atoms with van der Waals surface area (Å²) in [4.78, 5) is 10.5. The van der Waals surface area contributed by atoms with Crippen LogP contribution in [0.25, 0.3) is 0 Å². The summed E-state index contributed by atoms with van der Waals surface area (Å²) < 4.78 is 5.35. The van der Waals surface area contributed by atoms with Crippen LogP contribution >= 0.6 is 0 Å². The van der Waals surface area contributed by atoms with Gasteiger partial charge in [-0.1, -0.05) is 17.3 Å². The highest BCUT2D eigenvalue weighted by Crippen LogP contribution is 2.13. The Bertz CT molecular complexity index is 413. The second-order valence-corrected chi connectivity index (χ2v) is 4.04. The van der Waals surface area contributed by atoms with Crippen molar-refractivity contribution in [1.82, 2.24) is 0 Å². The number of aryl methyl sites for hydroxylation is 1. The van der Waals surface area contributed by atoms with E-state index < -0.39 is 0 Å². The third-order valence-corrected chi connectivity index (χ3v) is 2.49. The van der Waals surface area contributed by atoms with Crippen LogP contribution in [0.5, 0.6) is 5.75 Å². The van der Waals surface area contributed by atoms with Gasteiger partial charge in [0.15, 0.2) is 0 Å². The molecule has 0 aliphatic rings. The summed E-state index contributed by atoms with van der Waals surface area (Å²) >= 11 is 0. The maximum absolute atomic E-state index is 10.5. The van der Waals surface area contributed by atoms with Gasteiger partial charge >= 0.3 is 0 Å². The fraction of sp³-hybridized carbons (Fsp3) is 0.385. The minimum Gasteiger partial charge on any atom is -0.493 e. The average Bonchev–Trinajstić information content (AvgIpc) is 2.37. The molecule has 18 heavy (non-hydrogen) atoms. The molecule has 3 N–H and O–H groups in total. The number of primary amides is 1. The molecule has 1 aromatic carbocycles. The molecule has 5 nitrogen and oxygen atoms in total. The van der Waals surface area contributed by atoms with Gasteiger partial charge in [-0.2, -0.15) is 0 Å². The molecular weight excluding hydrogens is 232 g/mol. The quantitative estimate of drug-likeness (QED) is 0.439. The number of nitrogens with two attached hydrogens (primary N) is 1. The molecule has 0 saturated heterocycles. The van der Waals surface area contributed by atoms with E-state index in [4.69, 9.17) is 15.7 Å². The Kier molecular flexibility index (Phi) is 5.70. The van der Waals surface area contributed by atoms with Crippen LogP contribution in [-0.2, 0) is 11.2 Å². The predicted molar refractivity (Wildman–Crippen MR) is 69.0 cm³/mol. The Morgan fingerprint density at radius 2 is 2.00 bits per heavy atom. The zero-order chi connectivity index (χ0) is 13.4. The summed E-state index contributed by atoms with van der Waals surface area (Å²) in [5.74, 6) is 0.345. The summed E-state index contributed by atoms with van der Waals surface area (Å²) in [6.07, 6.45) is 1.75. The second-order valence-electron chi connectivity index (χ2n) is 4.04. The van der Waals surface area contributed by atoms with Crippen LogP contribution in [0.2, 0.25) is 0 Å². The maximum atomic E-state index is 10.5. The Balaban J connectivity index is 2.40. The number of benzene rings is 1. The molecule has 98 valence electrons. The SMILES string of the molecule is C/C(CCc1ccc(OCCC(N)=O)cc1)=N\O. The summed E-state index contributed by atoms with van der Waals surface area (Å²) in [5, 5.41) is 11.7. The Morgan fingerprint density at radius 3 is 2.56 bits per heavy atom. The molecule has 1 rings (SSSR count). The van der Waals surface area contributed by atoms with Crippen molar-refractivity contribution in [3.8, 4) is 5.75 Å². The molecule has 0 bridgehead atoms. The number of oxime groups is 1. The standard InChI is InChI=1S/C13H18N2O3/c1-10(15-17)2-3-11-4-6-12(7-5-11)18-9-8-13(14)16/h4-7,17H,2-3,8-9H2,1H3,(H2,14,16)/b15-10+. The van der Waals surface area contributed by atoms with Crippen molar-refractivity contribution in [2.24, 2.45) is 10.9 Å². The molecule has 0 spiro atoms. The van der Waals surface area contributed by atoms with Gasteiger partial charge < -0.3 is 15.7 Å². The van der Waals surface area contributed by atoms with Crippen molar-refractivity contribution in [2.45, 2.75) is 26.2 Å². The largest absolute Gasteiger partial charge is 0.493 e. The zero-order valence-corrected chi connectivity index (χ0v) is 10.4. The van der Waals surface area contributed by atoms with E-state index in [1.54, 1.807) is 6.92 Å². The monoisotopic (exact) mass is 250 g/mol. The minimum absolute atomic E-state index is 0.216. The lowest BCUT2D eigenvalue weighted by Crippen LogP contribution is -2.14. The fourth-order valence-corrected chi connectivity index (χ4v) is 1.40. The van der Waals surface area contributed by atoms with Gasteiger partial charge in [-0.3, -0.25) is 4.79 Å². The van der Waals surface area contributed by atoms with Crippen molar-refractivity contribution in [3.63, 3.8) is 0 Å². The molecule has 0 saturated carbocycles. The van der Waals surface area contributed by atoms with E-state index >= 15 is 0 Å². The van der Waals surface area contributed by atoms with E-state index in [1.165, 1.54) is 0 Å².